The second-order valence-electron chi connectivity index (χ2n) is 12.1. The minimum Gasteiger partial charge on any atom is -0.393 e. The highest BCUT2D eigenvalue weighted by Gasteiger charge is 2.04. The van der Waals surface area contributed by atoms with Crippen LogP contribution in [0.5, 0.6) is 0 Å². The highest BCUT2D eigenvalue weighted by molar-refractivity contribution is 4.58. The van der Waals surface area contributed by atoms with E-state index in [1.807, 2.05) is 0 Å². The molecule has 0 fully saturated rings. The van der Waals surface area contributed by atoms with Crippen LogP contribution in [-0.4, -0.2) is 11.2 Å². The predicted molar refractivity (Wildman–Crippen MR) is 165 cm³/mol. The first kappa shape index (κ1) is 36.0. The fraction of sp³-hybridized carbons (Fsp3) is 1.00. The van der Waals surface area contributed by atoms with Crippen LogP contribution in [0.3, 0.4) is 0 Å². The average Bonchev–Trinajstić information content (AvgIpc) is 2.88. The van der Waals surface area contributed by atoms with Crippen molar-refractivity contribution in [3.05, 3.63) is 0 Å². The maximum atomic E-state index is 10.2. The summed E-state index contributed by atoms with van der Waals surface area (Å²) in [5.41, 5.74) is 0. The predicted octanol–water partition coefficient (Wildman–Crippen LogP) is 12.9. The van der Waals surface area contributed by atoms with Gasteiger partial charge in [-0.2, -0.15) is 0 Å². The van der Waals surface area contributed by atoms with Crippen LogP contribution < -0.4 is 0 Å². The molecule has 0 bridgehead atoms. The van der Waals surface area contributed by atoms with Crippen molar-refractivity contribution < 1.29 is 5.11 Å². The van der Waals surface area contributed by atoms with Crippen LogP contribution in [0.4, 0.5) is 0 Å². The average molecular weight is 509 g/mol. The lowest BCUT2D eigenvalue weighted by atomic mass is 10.0. The Bertz CT molecular complexity index is 366. The Morgan fingerprint density at radius 2 is 0.444 bits per heavy atom. The van der Waals surface area contributed by atoms with Crippen molar-refractivity contribution >= 4 is 0 Å². The molecular formula is C35H72O. The molecule has 1 atom stereocenters. The third-order valence-electron chi connectivity index (χ3n) is 8.28. The summed E-state index contributed by atoms with van der Waals surface area (Å²) in [5, 5.41) is 10.2. The van der Waals surface area contributed by atoms with E-state index in [0.29, 0.717) is 0 Å². The molecule has 1 N–H and O–H groups in total. The molecule has 1 unspecified atom stereocenters. The number of unbranched alkanes of at least 4 members (excludes halogenated alkanes) is 28. The zero-order valence-corrected chi connectivity index (χ0v) is 25.7. The number of aliphatic hydroxyl groups is 1. The number of hydrogen-bond donors (Lipinski definition) is 1. The van der Waals surface area contributed by atoms with E-state index in [1.165, 1.54) is 193 Å². The van der Waals surface area contributed by atoms with Gasteiger partial charge in [-0.1, -0.05) is 206 Å². The highest BCUT2D eigenvalue weighted by atomic mass is 16.3. The van der Waals surface area contributed by atoms with Crippen molar-refractivity contribution in [2.24, 2.45) is 0 Å². The standard InChI is InChI=1S/C35H72O/c1-3-5-7-9-11-12-13-14-15-16-17-18-19-20-21-22-23-24-25-26-28-30-32-34-35(36)33-31-29-27-10-8-6-4-2/h35-36H,3-34H2,1-2H3. The topological polar surface area (TPSA) is 20.2 Å². The second kappa shape index (κ2) is 33.0. The van der Waals surface area contributed by atoms with Crippen LogP contribution >= 0.6 is 0 Å². The molecular weight excluding hydrogens is 436 g/mol. The van der Waals surface area contributed by atoms with E-state index in [4.69, 9.17) is 0 Å². The Kier molecular flexibility index (Phi) is 33.0. The van der Waals surface area contributed by atoms with Gasteiger partial charge in [0.2, 0.25) is 0 Å². The highest BCUT2D eigenvalue weighted by Crippen LogP contribution is 2.17. The molecule has 0 saturated carbocycles. The molecule has 0 spiro atoms. The van der Waals surface area contributed by atoms with Gasteiger partial charge in [-0.15, -0.1) is 0 Å². The Morgan fingerprint density at radius 3 is 0.639 bits per heavy atom. The molecule has 0 aromatic carbocycles. The summed E-state index contributed by atoms with van der Waals surface area (Å²) in [7, 11) is 0. The summed E-state index contributed by atoms with van der Waals surface area (Å²) >= 11 is 0. The van der Waals surface area contributed by atoms with Crippen molar-refractivity contribution in [3.8, 4) is 0 Å². The molecule has 0 aromatic rings. The van der Waals surface area contributed by atoms with Gasteiger partial charge >= 0.3 is 0 Å². The van der Waals surface area contributed by atoms with Crippen molar-refractivity contribution in [2.45, 2.75) is 225 Å². The molecule has 0 aromatic heterocycles. The van der Waals surface area contributed by atoms with Gasteiger partial charge < -0.3 is 5.11 Å². The molecule has 0 saturated heterocycles. The fourth-order valence-electron chi connectivity index (χ4n) is 5.65. The molecule has 1 nitrogen and oxygen atoms in total. The Balaban J connectivity index is 3.09. The maximum absolute atomic E-state index is 10.2. The summed E-state index contributed by atoms with van der Waals surface area (Å²) in [6, 6.07) is 0. The molecule has 0 aliphatic heterocycles. The molecule has 0 heterocycles. The van der Waals surface area contributed by atoms with E-state index >= 15 is 0 Å². The first-order chi connectivity index (χ1) is 17.8. The lowest BCUT2D eigenvalue weighted by Crippen LogP contribution is -2.05. The van der Waals surface area contributed by atoms with E-state index in [2.05, 4.69) is 13.8 Å². The smallest absolute Gasteiger partial charge is 0.0540 e. The van der Waals surface area contributed by atoms with E-state index in [9.17, 15) is 5.11 Å². The lowest BCUT2D eigenvalue weighted by Gasteiger charge is -2.10. The first-order valence-electron chi connectivity index (χ1n) is 17.5. The summed E-state index contributed by atoms with van der Waals surface area (Å²) < 4.78 is 0. The Hall–Kier alpha value is -0.0400. The quantitative estimate of drug-likeness (QED) is 0.0895. The van der Waals surface area contributed by atoms with Crippen LogP contribution in [0.2, 0.25) is 0 Å². The maximum Gasteiger partial charge on any atom is 0.0540 e. The van der Waals surface area contributed by atoms with E-state index in [-0.39, 0.29) is 6.10 Å². The number of rotatable bonds is 32. The summed E-state index contributed by atoms with van der Waals surface area (Å²) in [4.78, 5) is 0. The van der Waals surface area contributed by atoms with Gasteiger partial charge in [-0.05, 0) is 12.8 Å². The summed E-state index contributed by atoms with van der Waals surface area (Å²) in [6.45, 7) is 4.58. The minimum absolute atomic E-state index is 0.0319. The normalized spacial score (nSPS) is 12.4. The molecule has 0 rings (SSSR count). The molecule has 0 radical (unpaired) electrons. The van der Waals surface area contributed by atoms with Gasteiger partial charge in [0, 0.05) is 0 Å². The van der Waals surface area contributed by atoms with Crippen LogP contribution in [0.25, 0.3) is 0 Å². The molecule has 218 valence electrons. The third kappa shape index (κ3) is 32.0. The van der Waals surface area contributed by atoms with Crippen LogP contribution in [-0.2, 0) is 0 Å². The van der Waals surface area contributed by atoms with E-state index in [0.717, 1.165) is 12.8 Å². The lowest BCUT2D eigenvalue weighted by molar-refractivity contribution is 0.147. The van der Waals surface area contributed by atoms with Crippen molar-refractivity contribution in [1.29, 1.82) is 0 Å². The van der Waals surface area contributed by atoms with E-state index in [1.54, 1.807) is 0 Å². The van der Waals surface area contributed by atoms with Crippen LogP contribution in [0.15, 0.2) is 0 Å². The van der Waals surface area contributed by atoms with Gasteiger partial charge in [0.05, 0.1) is 6.10 Å². The summed E-state index contributed by atoms with van der Waals surface area (Å²) in [6.07, 6.45) is 44.6. The number of aliphatic hydroxyl groups excluding tert-OH is 1. The van der Waals surface area contributed by atoms with Gasteiger partial charge in [-0.25, -0.2) is 0 Å². The minimum atomic E-state index is -0.0319. The third-order valence-corrected chi connectivity index (χ3v) is 8.28. The monoisotopic (exact) mass is 509 g/mol. The Labute approximate surface area is 230 Å². The van der Waals surface area contributed by atoms with Crippen LogP contribution in [0.1, 0.15) is 219 Å². The Morgan fingerprint density at radius 1 is 0.278 bits per heavy atom. The van der Waals surface area contributed by atoms with Crippen molar-refractivity contribution in [1.82, 2.24) is 0 Å². The summed E-state index contributed by atoms with van der Waals surface area (Å²) in [5.74, 6) is 0. The van der Waals surface area contributed by atoms with Gasteiger partial charge in [0.15, 0.2) is 0 Å². The fourth-order valence-corrected chi connectivity index (χ4v) is 5.65. The SMILES string of the molecule is CCCCCCCCCCCCCCCCCCCCCCCCCC(O)CCCCCCCCC. The van der Waals surface area contributed by atoms with Crippen molar-refractivity contribution in [2.75, 3.05) is 0 Å². The van der Waals surface area contributed by atoms with Gasteiger partial charge in [0.1, 0.15) is 0 Å². The largest absolute Gasteiger partial charge is 0.393 e. The van der Waals surface area contributed by atoms with E-state index < -0.39 is 0 Å². The zero-order valence-electron chi connectivity index (χ0n) is 25.7. The van der Waals surface area contributed by atoms with Crippen molar-refractivity contribution in [3.63, 3.8) is 0 Å². The van der Waals surface area contributed by atoms with Gasteiger partial charge in [0.25, 0.3) is 0 Å². The number of hydrogen-bond acceptors (Lipinski definition) is 1. The van der Waals surface area contributed by atoms with Crippen LogP contribution in [0, 0.1) is 0 Å². The molecule has 0 aliphatic rings. The molecule has 0 aliphatic carbocycles. The second-order valence-corrected chi connectivity index (χ2v) is 12.1. The first-order valence-corrected chi connectivity index (χ1v) is 17.5. The molecule has 1 heteroatoms. The molecule has 0 amide bonds. The zero-order chi connectivity index (χ0) is 26.2. The van der Waals surface area contributed by atoms with Gasteiger partial charge in [-0.3, -0.25) is 0 Å². The molecule has 36 heavy (non-hydrogen) atoms.